The Hall–Kier alpha value is -0.910. The minimum absolute atomic E-state index is 0.268. The van der Waals surface area contributed by atoms with Crippen molar-refractivity contribution in [1.29, 1.82) is 0 Å². The van der Waals surface area contributed by atoms with Crippen molar-refractivity contribution in [2.24, 2.45) is 0 Å². The van der Waals surface area contributed by atoms with Crippen LogP contribution in [0.1, 0.15) is 26.5 Å². The number of rotatable bonds is 5. The van der Waals surface area contributed by atoms with Crippen LogP contribution < -0.4 is 10.1 Å². The molecule has 2 heterocycles. The average Bonchev–Trinajstić information content (AvgIpc) is 2.94. The van der Waals surface area contributed by atoms with Crippen LogP contribution in [0.5, 0.6) is 5.75 Å². The summed E-state index contributed by atoms with van der Waals surface area (Å²) in [5, 5.41) is 6.60. The zero-order valence-corrected chi connectivity index (χ0v) is 12.7. The highest BCUT2D eigenvalue weighted by molar-refractivity contribution is 7.11. The predicted octanol–water partition coefficient (Wildman–Crippen LogP) is 3.33. The number of hydrogen-bond acceptors (Lipinski definition) is 5. The first kappa shape index (κ1) is 13.5. The van der Waals surface area contributed by atoms with Crippen LogP contribution in [0.4, 0.5) is 0 Å². The molecule has 3 nitrogen and oxygen atoms in total. The van der Waals surface area contributed by atoms with Gasteiger partial charge < -0.3 is 10.1 Å². The molecule has 0 aliphatic rings. The lowest BCUT2D eigenvalue weighted by Gasteiger charge is -2.14. The van der Waals surface area contributed by atoms with Crippen LogP contribution >= 0.6 is 22.7 Å². The summed E-state index contributed by atoms with van der Waals surface area (Å²) in [5.41, 5.74) is 1.14. The number of nitrogens with zero attached hydrogens (tertiary/aromatic N) is 1. The van der Waals surface area contributed by atoms with Crippen molar-refractivity contribution in [2.45, 2.75) is 26.3 Å². The fraction of sp³-hybridized carbons (Fsp3) is 0.462. The van der Waals surface area contributed by atoms with Gasteiger partial charge in [0.25, 0.3) is 0 Å². The van der Waals surface area contributed by atoms with Gasteiger partial charge in [-0.2, -0.15) is 0 Å². The summed E-state index contributed by atoms with van der Waals surface area (Å²) >= 11 is 3.51. The van der Waals surface area contributed by atoms with Crippen LogP contribution in [0.3, 0.4) is 0 Å². The standard InChI is InChI=1S/C13H18N2OS2/c1-8-9(2)18-12(15-8)7-10(14-3)13-11(16-4)5-6-17-13/h5-6,10,14H,7H2,1-4H3. The molecule has 0 spiro atoms. The van der Waals surface area contributed by atoms with Gasteiger partial charge in [-0.1, -0.05) is 0 Å². The molecule has 1 atom stereocenters. The van der Waals surface area contributed by atoms with Gasteiger partial charge in [-0.05, 0) is 32.3 Å². The van der Waals surface area contributed by atoms with E-state index in [0.717, 1.165) is 17.9 Å². The number of likely N-dealkylation sites (N-methyl/N-ethyl adjacent to an activating group) is 1. The van der Waals surface area contributed by atoms with Gasteiger partial charge in [-0.25, -0.2) is 4.98 Å². The Labute approximate surface area is 116 Å². The molecule has 2 aromatic heterocycles. The highest BCUT2D eigenvalue weighted by Gasteiger charge is 2.18. The van der Waals surface area contributed by atoms with Crippen molar-refractivity contribution < 1.29 is 4.74 Å². The SMILES string of the molecule is CNC(Cc1nc(C)c(C)s1)c1sccc1OC. The lowest BCUT2D eigenvalue weighted by Crippen LogP contribution is -2.18. The molecule has 0 saturated carbocycles. The molecule has 0 amide bonds. The van der Waals surface area contributed by atoms with Gasteiger partial charge in [0.05, 0.1) is 28.7 Å². The van der Waals surface area contributed by atoms with Crippen molar-refractivity contribution in [1.82, 2.24) is 10.3 Å². The first-order chi connectivity index (χ1) is 8.65. The van der Waals surface area contributed by atoms with Crippen molar-refractivity contribution in [2.75, 3.05) is 14.2 Å². The van der Waals surface area contributed by atoms with E-state index >= 15 is 0 Å². The summed E-state index contributed by atoms with van der Waals surface area (Å²) < 4.78 is 5.39. The maximum Gasteiger partial charge on any atom is 0.134 e. The van der Waals surface area contributed by atoms with Gasteiger partial charge in [0.15, 0.2) is 0 Å². The van der Waals surface area contributed by atoms with Crippen LogP contribution in [-0.4, -0.2) is 19.1 Å². The molecule has 0 aromatic carbocycles. The number of thiazole rings is 1. The lowest BCUT2D eigenvalue weighted by atomic mass is 10.1. The summed E-state index contributed by atoms with van der Waals surface area (Å²) in [4.78, 5) is 7.15. The first-order valence-corrected chi connectivity index (χ1v) is 7.56. The zero-order valence-electron chi connectivity index (χ0n) is 11.1. The average molecular weight is 282 g/mol. The second-order valence-corrected chi connectivity index (χ2v) is 6.38. The fourth-order valence-corrected chi connectivity index (χ4v) is 3.81. The number of aromatic nitrogens is 1. The van der Waals surface area contributed by atoms with Crippen LogP contribution in [0.2, 0.25) is 0 Å². The molecule has 0 fully saturated rings. The molecule has 2 aromatic rings. The molecule has 0 radical (unpaired) electrons. The van der Waals surface area contributed by atoms with Gasteiger partial charge in [0.1, 0.15) is 5.75 Å². The summed E-state index contributed by atoms with van der Waals surface area (Å²) in [6.45, 7) is 4.19. The zero-order chi connectivity index (χ0) is 13.1. The molecule has 0 saturated heterocycles. The van der Waals surface area contributed by atoms with E-state index in [1.807, 2.05) is 13.1 Å². The van der Waals surface area contributed by atoms with E-state index in [0.29, 0.717) is 0 Å². The highest BCUT2D eigenvalue weighted by Crippen LogP contribution is 2.33. The van der Waals surface area contributed by atoms with Crippen molar-refractivity contribution >= 4 is 22.7 Å². The highest BCUT2D eigenvalue weighted by atomic mass is 32.1. The van der Waals surface area contributed by atoms with E-state index in [-0.39, 0.29) is 6.04 Å². The number of thiophene rings is 1. The summed E-state index contributed by atoms with van der Waals surface area (Å²) in [5.74, 6) is 0.962. The van der Waals surface area contributed by atoms with E-state index in [1.165, 1.54) is 14.8 Å². The number of hydrogen-bond donors (Lipinski definition) is 1. The van der Waals surface area contributed by atoms with Crippen LogP contribution in [0.25, 0.3) is 0 Å². The second kappa shape index (κ2) is 5.82. The molecule has 2 rings (SSSR count). The number of ether oxygens (including phenoxy) is 1. The van der Waals surface area contributed by atoms with E-state index in [1.54, 1.807) is 29.8 Å². The third-order valence-corrected chi connectivity index (χ3v) is 5.10. The Morgan fingerprint density at radius 2 is 2.22 bits per heavy atom. The Bertz CT molecular complexity index is 499. The predicted molar refractivity (Wildman–Crippen MR) is 78.0 cm³/mol. The molecular formula is C13H18N2OS2. The van der Waals surface area contributed by atoms with Crippen LogP contribution in [0.15, 0.2) is 11.4 Å². The third-order valence-electron chi connectivity index (χ3n) is 2.99. The summed E-state index contributed by atoms with van der Waals surface area (Å²) in [6.07, 6.45) is 0.909. The van der Waals surface area contributed by atoms with Gasteiger partial charge in [-0.15, -0.1) is 22.7 Å². The third kappa shape index (κ3) is 2.74. The summed E-state index contributed by atoms with van der Waals surface area (Å²) in [7, 11) is 3.70. The fourth-order valence-electron chi connectivity index (χ4n) is 1.86. The minimum Gasteiger partial charge on any atom is -0.496 e. The summed E-state index contributed by atoms with van der Waals surface area (Å²) in [6, 6.07) is 2.28. The Morgan fingerprint density at radius 1 is 1.44 bits per heavy atom. The molecule has 5 heteroatoms. The molecular weight excluding hydrogens is 264 g/mol. The largest absolute Gasteiger partial charge is 0.496 e. The van der Waals surface area contributed by atoms with Gasteiger partial charge >= 0.3 is 0 Å². The minimum atomic E-state index is 0.268. The maximum atomic E-state index is 5.39. The number of methoxy groups -OCH3 is 1. The number of aryl methyl sites for hydroxylation is 2. The number of nitrogens with one attached hydrogen (secondary N) is 1. The molecule has 98 valence electrons. The first-order valence-electron chi connectivity index (χ1n) is 5.87. The maximum absolute atomic E-state index is 5.39. The molecule has 1 N–H and O–H groups in total. The van der Waals surface area contributed by atoms with Crippen molar-refractivity contribution in [3.05, 3.63) is 31.9 Å². The van der Waals surface area contributed by atoms with E-state index in [9.17, 15) is 0 Å². The lowest BCUT2D eigenvalue weighted by molar-refractivity contribution is 0.405. The normalized spacial score (nSPS) is 12.7. The van der Waals surface area contributed by atoms with Crippen LogP contribution in [-0.2, 0) is 6.42 Å². The Balaban J connectivity index is 2.19. The topological polar surface area (TPSA) is 34.2 Å². The Kier molecular flexibility index (Phi) is 4.37. The quantitative estimate of drug-likeness (QED) is 0.913. The molecule has 0 aliphatic carbocycles. The van der Waals surface area contributed by atoms with Gasteiger partial charge in [-0.3, -0.25) is 0 Å². The Morgan fingerprint density at radius 3 is 2.78 bits per heavy atom. The molecule has 0 aliphatic heterocycles. The van der Waals surface area contributed by atoms with E-state index < -0.39 is 0 Å². The van der Waals surface area contributed by atoms with E-state index in [2.05, 4.69) is 29.5 Å². The second-order valence-electron chi connectivity index (χ2n) is 4.15. The van der Waals surface area contributed by atoms with E-state index in [4.69, 9.17) is 4.74 Å². The monoisotopic (exact) mass is 282 g/mol. The van der Waals surface area contributed by atoms with Crippen LogP contribution in [0, 0.1) is 13.8 Å². The van der Waals surface area contributed by atoms with Gasteiger partial charge in [0.2, 0.25) is 0 Å². The smallest absolute Gasteiger partial charge is 0.134 e. The van der Waals surface area contributed by atoms with Crippen molar-refractivity contribution in [3.8, 4) is 5.75 Å². The molecule has 0 bridgehead atoms. The van der Waals surface area contributed by atoms with Crippen molar-refractivity contribution in [3.63, 3.8) is 0 Å². The molecule has 18 heavy (non-hydrogen) atoms. The molecule has 1 unspecified atom stereocenters. The van der Waals surface area contributed by atoms with Gasteiger partial charge in [0, 0.05) is 11.3 Å².